The molecule has 41 heavy (non-hydrogen) atoms. The minimum Gasteiger partial charge on any atom is -0.493 e. The Labute approximate surface area is 243 Å². The molecular formula is C33H46FNO6. The molecule has 0 spiro atoms. The second kappa shape index (κ2) is 10.9. The van der Waals surface area contributed by atoms with Gasteiger partial charge in [0.15, 0.2) is 0 Å². The van der Waals surface area contributed by atoms with Gasteiger partial charge in [0.2, 0.25) is 0 Å². The summed E-state index contributed by atoms with van der Waals surface area (Å²) in [6, 6.07) is 1.57. The molecule has 5 aliphatic rings. The van der Waals surface area contributed by atoms with E-state index in [-0.39, 0.29) is 16.9 Å². The maximum absolute atomic E-state index is 15.5. The van der Waals surface area contributed by atoms with Gasteiger partial charge in [0, 0.05) is 11.5 Å². The number of hydrogen-bond donors (Lipinski definition) is 1. The SMILES string of the molecule is CC(C)(C)OC(=O)C[C@H](NC(=O)c1cc(C2CC2)c(OCC23CC4CC(CC(C4)C2)C3)cc1F)C(=O)OC(C)(C)C. The minimum atomic E-state index is -1.33. The van der Waals surface area contributed by atoms with Crippen molar-refractivity contribution in [3.05, 3.63) is 29.1 Å². The van der Waals surface area contributed by atoms with E-state index in [4.69, 9.17) is 14.2 Å². The Kier molecular flexibility index (Phi) is 7.92. The normalized spacial score (nSPS) is 27.7. The van der Waals surface area contributed by atoms with Crippen molar-refractivity contribution in [2.45, 2.75) is 122 Å². The lowest BCUT2D eigenvalue weighted by Gasteiger charge is -2.56. The zero-order chi connectivity index (χ0) is 29.7. The van der Waals surface area contributed by atoms with Gasteiger partial charge in [0.05, 0.1) is 18.6 Å². The number of carbonyl (C=O) groups is 3. The first-order valence-corrected chi connectivity index (χ1v) is 15.3. The van der Waals surface area contributed by atoms with Crippen molar-refractivity contribution in [3.8, 4) is 5.75 Å². The van der Waals surface area contributed by atoms with Gasteiger partial charge in [-0.15, -0.1) is 0 Å². The Hall–Kier alpha value is -2.64. The van der Waals surface area contributed by atoms with E-state index in [0.717, 1.165) is 36.2 Å². The molecule has 0 aliphatic heterocycles. The van der Waals surface area contributed by atoms with E-state index in [2.05, 4.69) is 5.32 Å². The number of carbonyl (C=O) groups excluding carboxylic acids is 3. The molecule has 1 aromatic carbocycles. The van der Waals surface area contributed by atoms with Crippen LogP contribution in [0.3, 0.4) is 0 Å². The Bertz CT molecular complexity index is 1160. The van der Waals surface area contributed by atoms with Crippen LogP contribution in [-0.2, 0) is 19.1 Å². The van der Waals surface area contributed by atoms with Crippen molar-refractivity contribution in [1.82, 2.24) is 5.32 Å². The van der Waals surface area contributed by atoms with E-state index in [1.165, 1.54) is 44.6 Å². The first-order valence-electron chi connectivity index (χ1n) is 15.3. The van der Waals surface area contributed by atoms with Crippen molar-refractivity contribution in [1.29, 1.82) is 0 Å². The van der Waals surface area contributed by atoms with Gasteiger partial charge in [0.1, 0.15) is 28.8 Å². The van der Waals surface area contributed by atoms with Crippen LogP contribution in [0, 0.1) is 29.0 Å². The summed E-state index contributed by atoms with van der Waals surface area (Å²) in [6.07, 6.45) is 9.13. The molecule has 0 radical (unpaired) electrons. The first kappa shape index (κ1) is 29.8. The number of amides is 1. The van der Waals surface area contributed by atoms with Crippen molar-refractivity contribution in [2.24, 2.45) is 23.2 Å². The molecule has 1 atom stereocenters. The van der Waals surface area contributed by atoms with Gasteiger partial charge in [-0.2, -0.15) is 0 Å². The predicted octanol–water partition coefficient (Wildman–Crippen LogP) is 6.47. The number of rotatable bonds is 9. The fraction of sp³-hybridized carbons (Fsp3) is 0.727. The van der Waals surface area contributed by atoms with Gasteiger partial charge in [-0.05, 0) is 128 Å². The highest BCUT2D eigenvalue weighted by Crippen LogP contribution is 2.60. The molecule has 1 N–H and O–H groups in total. The number of ether oxygens (including phenoxy) is 3. The summed E-state index contributed by atoms with van der Waals surface area (Å²) in [4.78, 5) is 38.8. The highest BCUT2D eigenvalue weighted by atomic mass is 19.1. The maximum atomic E-state index is 15.5. The first-order chi connectivity index (χ1) is 19.1. The molecule has 0 saturated heterocycles. The largest absolute Gasteiger partial charge is 0.493 e. The van der Waals surface area contributed by atoms with Crippen molar-refractivity contribution < 1.29 is 33.0 Å². The Balaban J connectivity index is 1.32. The smallest absolute Gasteiger partial charge is 0.329 e. The fourth-order valence-electron chi connectivity index (χ4n) is 7.63. The monoisotopic (exact) mass is 571 g/mol. The molecule has 226 valence electrons. The molecule has 0 heterocycles. The van der Waals surface area contributed by atoms with E-state index in [1.807, 2.05) is 0 Å². The summed E-state index contributed by atoms with van der Waals surface area (Å²) in [5.41, 5.74) is -0.760. The summed E-state index contributed by atoms with van der Waals surface area (Å²) >= 11 is 0. The number of nitrogens with one attached hydrogen (secondary N) is 1. The van der Waals surface area contributed by atoms with Crippen LogP contribution in [0.5, 0.6) is 5.75 Å². The van der Waals surface area contributed by atoms with Crippen molar-refractivity contribution in [3.63, 3.8) is 0 Å². The number of hydrogen-bond acceptors (Lipinski definition) is 6. The fourth-order valence-corrected chi connectivity index (χ4v) is 7.63. The van der Waals surface area contributed by atoms with Crippen LogP contribution in [0.15, 0.2) is 12.1 Å². The highest BCUT2D eigenvalue weighted by Gasteiger charge is 2.51. The molecule has 7 nitrogen and oxygen atoms in total. The van der Waals surface area contributed by atoms with Gasteiger partial charge < -0.3 is 19.5 Å². The topological polar surface area (TPSA) is 90.9 Å². The number of halogens is 1. The molecule has 4 bridgehead atoms. The third-order valence-electron chi connectivity index (χ3n) is 8.85. The van der Waals surface area contributed by atoms with Gasteiger partial charge in [-0.25, -0.2) is 9.18 Å². The summed E-state index contributed by atoms with van der Waals surface area (Å²) in [5.74, 6) is 0.199. The van der Waals surface area contributed by atoms with Crippen LogP contribution in [0.25, 0.3) is 0 Å². The lowest BCUT2D eigenvalue weighted by atomic mass is 9.50. The highest BCUT2D eigenvalue weighted by molar-refractivity contribution is 5.98. The molecule has 1 amide bonds. The van der Waals surface area contributed by atoms with Crippen LogP contribution >= 0.6 is 0 Å². The van der Waals surface area contributed by atoms with Crippen LogP contribution in [-0.4, -0.2) is 41.7 Å². The lowest BCUT2D eigenvalue weighted by molar-refractivity contribution is -0.164. The third kappa shape index (κ3) is 7.42. The van der Waals surface area contributed by atoms with E-state index in [1.54, 1.807) is 47.6 Å². The van der Waals surface area contributed by atoms with Crippen LogP contribution in [0.2, 0.25) is 0 Å². The van der Waals surface area contributed by atoms with E-state index < -0.39 is 47.3 Å². The van der Waals surface area contributed by atoms with Crippen LogP contribution in [0.1, 0.15) is 121 Å². The van der Waals surface area contributed by atoms with E-state index in [0.29, 0.717) is 12.4 Å². The van der Waals surface area contributed by atoms with Gasteiger partial charge >= 0.3 is 11.9 Å². The molecule has 5 fully saturated rings. The summed E-state index contributed by atoms with van der Waals surface area (Å²) in [5, 5.41) is 2.55. The molecule has 8 heteroatoms. The van der Waals surface area contributed by atoms with Gasteiger partial charge in [0.25, 0.3) is 5.91 Å². The summed E-state index contributed by atoms with van der Waals surface area (Å²) < 4.78 is 32.7. The molecule has 5 saturated carbocycles. The molecular weight excluding hydrogens is 525 g/mol. The van der Waals surface area contributed by atoms with Crippen molar-refractivity contribution >= 4 is 17.8 Å². The molecule has 1 aromatic rings. The quantitative estimate of drug-likeness (QED) is 0.342. The second-order valence-corrected chi connectivity index (χ2v) is 15.2. The van der Waals surface area contributed by atoms with Crippen LogP contribution < -0.4 is 10.1 Å². The maximum Gasteiger partial charge on any atom is 0.329 e. The van der Waals surface area contributed by atoms with Crippen molar-refractivity contribution in [2.75, 3.05) is 6.61 Å². The van der Waals surface area contributed by atoms with Crippen LogP contribution in [0.4, 0.5) is 4.39 Å². The zero-order valence-corrected chi connectivity index (χ0v) is 25.4. The van der Waals surface area contributed by atoms with E-state index >= 15 is 4.39 Å². The van der Waals surface area contributed by atoms with E-state index in [9.17, 15) is 14.4 Å². The average Bonchev–Trinajstić information content (AvgIpc) is 3.64. The van der Waals surface area contributed by atoms with Gasteiger partial charge in [-0.3, -0.25) is 9.59 Å². The summed E-state index contributed by atoms with van der Waals surface area (Å²) in [7, 11) is 0. The number of esters is 2. The lowest BCUT2D eigenvalue weighted by Crippen LogP contribution is -2.48. The number of benzene rings is 1. The van der Waals surface area contributed by atoms with Gasteiger partial charge in [-0.1, -0.05) is 0 Å². The molecule has 0 unspecified atom stereocenters. The predicted molar refractivity (Wildman–Crippen MR) is 152 cm³/mol. The molecule has 0 aromatic heterocycles. The zero-order valence-electron chi connectivity index (χ0n) is 25.4. The Morgan fingerprint density at radius 2 is 1.49 bits per heavy atom. The average molecular weight is 572 g/mol. The summed E-state index contributed by atoms with van der Waals surface area (Å²) in [6.45, 7) is 10.8. The second-order valence-electron chi connectivity index (χ2n) is 15.2. The molecule has 5 aliphatic carbocycles. The third-order valence-corrected chi connectivity index (χ3v) is 8.85. The Morgan fingerprint density at radius 1 is 0.927 bits per heavy atom. The molecule has 6 rings (SSSR count). The minimum absolute atomic E-state index is 0.174. The standard InChI is InChI=1S/C33H46FNO6/c1-31(2,3)40-28(36)14-26(30(38)41-32(4,5)6)35-29(37)24-12-23(22-7-8-22)27(13-25(24)34)39-18-33-15-19-9-20(16-33)11-21(10-19)17-33/h12-13,19-22,26H,7-11,14-18H2,1-6H3,(H,35,37)/t19?,20?,21?,26-,33?/m0/s1. The Morgan fingerprint density at radius 3 is 2.00 bits per heavy atom.